The third-order valence-corrected chi connectivity index (χ3v) is 2.88. The second kappa shape index (κ2) is 7.52. The first-order chi connectivity index (χ1) is 8.50. The number of hydrogen-bond acceptors (Lipinski definition) is 3. The molecule has 0 spiro atoms. The predicted octanol–water partition coefficient (Wildman–Crippen LogP) is 2.82. The van der Waals surface area contributed by atoms with Crippen LogP contribution in [0.1, 0.15) is 37.9 Å². The van der Waals surface area contributed by atoms with Gasteiger partial charge < -0.3 is 15.2 Å². The zero-order chi connectivity index (χ0) is 13.5. The van der Waals surface area contributed by atoms with Gasteiger partial charge in [0, 0.05) is 0 Å². The summed E-state index contributed by atoms with van der Waals surface area (Å²) in [5, 5.41) is 0. The van der Waals surface area contributed by atoms with Gasteiger partial charge in [-0.15, -0.1) is 0 Å². The monoisotopic (exact) mass is 251 g/mol. The van der Waals surface area contributed by atoms with Gasteiger partial charge in [-0.2, -0.15) is 0 Å². The molecule has 1 aromatic carbocycles. The molecule has 0 aromatic heterocycles. The zero-order valence-electron chi connectivity index (χ0n) is 11.8. The highest BCUT2D eigenvalue weighted by molar-refractivity contribution is 5.24. The lowest BCUT2D eigenvalue weighted by molar-refractivity contribution is -0.0145. The fourth-order valence-electron chi connectivity index (χ4n) is 1.68. The average molecular weight is 251 g/mol. The Morgan fingerprint density at radius 1 is 1.00 bits per heavy atom. The van der Waals surface area contributed by atoms with E-state index in [1.807, 2.05) is 20.8 Å². The molecule has 0 saturated carbocycles. The predicted molar refractivity (Wildman–Crippen MR) is 74.6 cm³/mol. The van der Waals surface area contributed by atoms with E-state index >= 15 is 0 Å². The third kappa shape index (κ3) is 5.17. The van der Waals surface area contributed by atoms with Crippen molar-refractivity contribution in [2.45, 2.75) is 45.9 Å². The molecule has 0 aliphatic rings. The molecule has 0 bridgehead atoms. The molecule has 1 rings (SSSR count). The van der Waals surface area contributed by atoms with Crippen LogP contribution >= 0.6 is 0 Å². The van der Waals surface area contributed by atoms with E-state index < -0.39 is 0 Å². The molecule has 18 heavy (non-hydrogen) atoms. The molecule has 2 atom stereocenters. The Morgan fingerprint density at radius 2 is 1.56 bits per heavy atom. The molecule has 0 aliphatic carbocycles. The van der Waals surface area contributed by atoms with E-state index in [0.29, 0.717) is 13.2 Å². The highest BCUT2D eigenvalue weighted by Gasteiger charge is 2.15. The van der Waals surface area contributed by atoms with Crippen LogP contribution in [0.2, 0.25) is 0 Å². The highest BCUT2D eigenvalue weighted by Crippen LogP contribution is 2.17. The first-order valence-corrected chi connectivity index (χ1v) is 6.56. The van der Waals surface area contributed by atoms with Crippen molar-refractivity contribution in [3.8, 4) is 0 Å². The molecule has 2 N–H and O–H groups in total. The Hall–Kier alpha value is -0.900. The van der Waals surface area contributed by atoms with Gasteiger partial charge in [0.2, 0.25) is 0 Å². The summed E-state index contributed by atoms with van der Waals surface area (Å²) in [7, 11) is 0. The molecule has 0 amide bonds. The molecular weight excluding hydrogens is 226 g/mol. The van der Waals surface area contributed by atoms with Gasteiger partial charge in [0.25, 0.3) is 0 Å². The molecule has 0 fully saturated rings. The first-order valence-electron chi connectivity index (χ1n) is 6.56. The summed E-state index contributed by atoms with van der Waals surface area (Å²) in [6.07, 6.45) is 0.234. The normalized spacial score (nSPS) is 14.8. The average Bonchev–Trinajstić information content (AvgIpc) is 2.34. The lowest BCUT2D eigenvalue weighted by Crippen LogP contribution is -2.27. The Bertz CT molecular complexity index is 335. The van der Waals surface area contributed by atoms with Crippen molar-refractivity contribution in [2.24, 2.45) is 5.73 Å². The fourth-order valence-corrected chi connectivity index (χ4v) is 1.68. The van der Waals surface area contributed by atoms with Crippen LogP contribution in [-0.4, -0.2) is 25.4 Å². The van der Waals surface area contributed by atoms with Crippen molar-refractivity contribution in [2.75, 3.05) is 13.2 Å². The smallest absolute Gasteiger partial charge is 0.0740 e. The summed E-state index contributed by atoms with van der Waals surface area (Å²) in [4.78, 5) is 0. The number of rotatable bonds is 7. The van der Waals surface area contributed by atoms with Crippen LogP contribution in [0.15, 0.2) is 24.3 Å². The topological polar surface area (TPSA) is 44.5 Å². The summed E-state index contributed by atoms with van der Waals surface area (Å²) in [6, 6.07) is 8.17. The first kappa shape index (κ1) is 15.2. The van der Waals surface area contributed by atoms with E-state index in [-0.39, 0.29) is 18.2 Å². The lowest BCUT2D eigenvalue weighted by atomic mass is 10.0. The molecule has 0 heterocycles. The molecular formula is C15H25NO2. The van der Waals surface area contributed by atoms with Crippen LogP contribution in [0.3, 0.4) is 0 Å². The highest BCUT2D eigenvalue weighted by atomic mass is 16.5. The SMILES string of the molecule is Cc1ccc(C(N)C(C)OCCOC(C)C)cc1. The van der Waals surface area contributed by atoms with Crippen molar-refractivity contribution >= 4 is 0 Å². The molecule has 3 heteroatoms. The van der Waals surface area contributed by atoms with Crippen LogP contribution < -0.4 is 5.73 Å². The Morgan fingerprint density at radius 3 is 2.11 bits per heavy atom. The molecule has 0 aliphatic heterocycles. The van der Waals surface area contributed by atoms with Crippen LogP contribution in [0, 0.1) is 6.92 Å². The van der Waals surface area contributed by atoms with E-state index in [0.717, 1.165) is 5.56 Å². The van der Waals surface area contributed by atoms with Crippen LogP contribution in [0.25, 0.3) is 0 Å². The van der Waals surface area contributed by atoms with E-state index in [1.54, 1.807) is 0 Å². The van der Waals surface area contributed by atoms with E-state index in [4.69, 9.17) is 15.2 Å². The molecule has 3 nitrogen and oxygen atoms in total. The maximum absolute atomic E-state index is 6.16. The third-order valence-electron chi connectivity index (χ3n) is 2.88. The van der Waals surface area contributed by atoms with Crippen LogP contribution in [0.4, 0.5) is 0 Å². The fraction of sp³-hybridized carbons (Fsp3) is 0.600. The van der Waals surface area contributed by atoms with Crippen molar-refractivity contribution in [1.29, 1.82) is 0 Å². The van der Waals surface area contributed by atoms with E-state index in [9.17, 15) is 0 Å². The van der Waals surface area contributed by atoms with Crippen molar-refractivity contribution in [1.82, 2.24) is 0 Å². The molecule has 0 saturated heterocycles. The van der Waals surface area contributed by atoms with Gasteiger partial charge in [-0.05, 0) is 33.3 Å². The minimum absolute atomic E-state index is 0.0107. The number of hydrogen-bond donors (Lipinski definition) is 1. The maximum atomic E-state index is 6.16. The maximum Gasteiger partial charge on any atom is 0.0740 e. The summed E-state index contributed by atoms with van der Waals surface area (Å²) in [5.74, 6) is 0. The summed E-state index contributed by atoms with van der Waals surface area (Å²) >= 11 is 0. The van der Waals surface area contributed by atoms with Gasteiger partial charge in [-0.3, -0.25) is 0 Å². The quantitative estimate of drug-likeness (QED) is 0.758. The molecule has 0 radical (unpaired) electrons. The van der Waals surface area contributed by atoms with E-state index in [1.165, 1.54) is 5.56 Å². The van der Waals surface area contributed by atoms with Gasteiger partial charge >= 0.3 is 0 Å². The zero-order valence-corrected chi connectivity index (χ0v) is 11.8. The number of benzene rings is 1. The minimum Gasteiger partial charge on any atom is -0.376 e. The van der Waals surface area contributed by atoms with Gasteiger partial charge in [0.15, 0.2) is 0 Å². The summed E-state index contributed by atoms with van der Waals surface area (Å²) in [5.41, 5.74) is 8.51. The Balaban J connectivity index is 2.36. The minimum atomic E-state index is -0.0929. The van der Waals surface area contributed by atoms with Crippen molar-refractivity contribution in [3.63, 3.8) is 0 Å². The summed E-state index contributed by atoms with van der Waals surface area (Å²) < 4.78 is 11.1. The molecule has 1 aromatic rings. The Labute approximate surface area is 110 Å². The van der Waals surface area contributed by atoms with Crippen LogP contribution in [-0.2, 0) is 9.47 Å². The Kier molecular flexibility index (Phi) is 6.33. The van der Waals surface area contributed by atoms with Crippen molar-refractivity contribution in [3.05, 3.63) is 35.4 Å². The summed E-state index contributed by atoms with van der Waals surface area (Å²) in [6.45, 7) is 9.29. The molecule has 102 valence electrons. The second-order valence-corrected chi connectivity index (χ2v) is 4.93. The standard InChI is InChI=1S/C15H25NO2/c1-11(2)17-9-10-18-13(4)15(16)14-7-5-12(3)6-8-14/h5-8,11,13,15H,9-10,16H2,1-4H3. The van der Waals surface area contributed by atoms with Gasteiger partial charge in [0.05, 0.1) is 31.5 Å². The number of nitrogens with two attached hydrogens (primary N) is 1. The van der Waals surface area contributed by atoms with Gasteiger partial charge in [0.1, 0.15) is 0 Å². The second-order valence-electron chi connectivity index (χ2n) is 4.93. The van der Waals surface area contributed by atoms with Crippen molar-refractivity contribution < 1.29 is 9.47 Å². The van der Waals surface area contributed by atoms with Crippen LogP contribution in [0.5, 0.6) is 0 Å². The van der Waals surface area contributed by atoms with E-state index in [2.05, 4.69) is 31.2 Å². The van der Waals surface area contributed by atoms with Gasteiger partial charge in [-0.25, -0.2) is 0 Å². The number of aryl methyl sites for hydroxylation is 1. The lowest BCUT2D eigenvalue weighted by Gasteiger charge is -2.21. The number of ether oxygens (including phenoxy) is 2. The molecule has 2 unspecified atom stereocenters. The van der Waals surface area contributed by atoms with Gasteiger partial charge in [-0.1, -0.05) is 29.8 Å². The largest absolute Gasteiger partial charge is 0.376 e.